The number of aromatic amines is 1. The zero-order valence-electron chi connectivity index (χ0n) is 9.03. The summed E-state index contributed by atoms with van der Waals surface area (Å²) in [6, 6.07) is 15.1. The van der Waals surface area contributed by atoms with E-state index in [2.05, 4.69) is 4.98 Å². The zero-order valence-corrected chi connectivity index (χ0v) is 12.2. The van der Waals surface area contributed by atoms with Gasteiger partial charge in [-0.25, -0.2) is 0 Å². The number of nitrogens with one attached hydrogen (secondary N) is 1. The van der Waals surface area contributed by atoms with E-state index in [1.54, 1.807) is 0 Å². The number of H-pyrrole nitrogens is 1. The van der Waals surface area contributed by atoms with E-state index in [4.69, 9.17) is 0 Å². The summed E-state index contributed by atoms with van der Waals surface area (Å²) in [5.41, 5.74) is 1.88. The van der Waals surface area contributed by atoms with Crippen LogP contribution in [0.3, 0.4) is 0 Å². The van der Waals surface area contributed by atoms with Crippen molar-refractivity contribution in [3.8, 4) is 0 Å². The number of pyridine rings is 1. The van der Waals surface area contributed by atoms with Crippen LogP contribution >= 0.6 is 0 Å². The van der Waals surface area contributed by atoms with Crippen LogP contribution in [-0.4, -0.2) is 56.4 Å². The second-order valence-corrected chi connectivity index (χ2v) is 3.55. The van der Waals surface area contributed by atoms with Gasteiger partial charge in [-0.2, -0.15) is 0 Å². The first-order valence-electron chi connectivity index (χ1n) is 4.86. The number of hydrogen-bond donors (Lipinski definition) is 1. The van der Waals surface area contributed by atoms with E-state index in [1.165, 1.54) is 0 Å². The Morgan fingerprint density at radius 3 is 1.69 bits per heavy atom. The van der Waals surface area contributed by atoms with Crippen molar-refractivity contribution in [3.05, 3.63) is 58.8 Å². The Balaban J connectivity index is 0.000000963. The van der Waals surface area contributed by atoms with Crippen LogP contribution in [0.2, 0.25) is 0 Å². The van der Waals surface area contributed by atoms with Crippen LogP contribution < -0.4 is 5.43 Å². The predicted octanol–water partition coefficient (Wildman–Crippen LogP) is 2.30. The fourth-order valence-corrected chi connectivity index (χ4v) is 1.87. The first kappa shape index (κ1) is 12.0. The molecule has 1 N–H and O–H groups in total. The Labute approximate surface area is 135 Å². The summed E-state index contributed by atoms with van der Waals surface area (Å²) < 4.78 is 0. The Kier molecular flexibility index (Phi) is 3.62. The van der Waals surface area contributed by atoms with Gasteiger partial charge in [0, 0.05) is 73.2 Å². The summed E-state index contributed by atoms with van der Waals surface area (Å²) in [6.45, 7) is 0. The van der Waals surface area contributed by atoms with Crippen molar-refractivity contribution in [1.82, 2.24) is 4.98 Å². The van der Waals surface area contributed by atoms with Gasteiger partial charge < -0.3 is 4.98 Å². The average Bonchev–Trinajstić information content (AvgIpc) is 2.30. The molecule has 0 spiro atoms. The summed E-state index contributed by atoms with van der Waals surface area (Å²) in [6.07, 6.45) is 0. The summed E-state index contributed by atoms with van der Waals surface area (Å²) in [5, 5.41) is 1.49. The second kappa shape index (κ2) is 4.81. The van der Waals surface area contributed by atoms with Crippen molar-refractivity contribution < 1.29 is 0 Å². The Morgan fingerprint density at radius 1 is 0.750 bits per heavy atom. The monoisotopic (exact) mass is 234 g/mol. The van der Waals surface area contributed by atoms with Crippen LogP contribution in [0.5, 0.6) is 0 Å². The van der Waals surface area contributed by atoms with Gasteiger partial charge in [-0.1, -0.05) is 24.3 Å². The van der Waals surface area contributed by atoms with Gasteiger partial charge in [0.2, 0.25) is 0 Å². The van der Waals surface area contributed by atoms with E-state index in [0.29, 0.717) is 0 Å². The summed E-state index contributed by atoms with van der Waals surface area (Å²) in [7, 11) is 0. The van der Waals surface area contributed by atoms with Gasteiger partial charge in [-0.05, 0) is 24.3 Å². The predicted molar refractivity (Wildman–Crippen MR) is 67.8 cm³/mol. The zero-order chi connectivity index (χ0) is 10.3. The number of para-hydroxylation sites is 2. The molecule has 2 nitrogen and oxygen atoms in total. The van der Waals surface area contributed by atoms with Crippen LogP contribution in [-0.2, 0) is 0 Å². The maximum absolute atomic E-state index is 12.1. The van der Waals surface area contributed by atoms with Gasteiger partial charge in [-0.3, -0.25) is 4.79 Å². The third-order valence-electron chi connectivity index (χ3n) is 2.61. The van der Waals surface area contributed by atoms with E-state index in [0.717, 1.165) is 21.8 Å². The van der Waals surface area contributed by atoms with Crippen molar-refractivity contribution in [2.75, 3.05) is 0 Å². The molecule has 0 bridgehead atoms. The molecule has 0 saturated carbocycles. The fraction of sp³-hybridized carbons (Fsp3) is 0. The number of fused-ring (bicyclic) bond motifs is 2. The molecule has 1 heterocycles. The largest absolute Gasteiger partial charge is 0.354 e. The molecule has 0 aliphatic rings. The van der Waals surface area contributed by atoms with E-state index in [-0.39, 0.29) is 56.8 Å². The molecule has 3 aromatic rings. The molecule has 1 radical (unpaired) electrons. The molecule has 73 valence electrons. The van der Waals surface area contributed by atoms with Gasteiger partial charge in [0.05, 0.1) is 0 Å². The number of benzene rings is 2. The molecule has 0 amide bonds. The van der Waals surface area contributed by atoms with Crippen molar-refractivity contribution >= 4 is 73.2 Å². The fourth-order valence-electron chi connectivity index (χ4n) is 1.87. The molecule has 0 unspecified atom stereocenters. The van der Waals surface area contributed by atoms with Gasteiger partial charge in [0.15, 0.2) is 5.43 Å². The summed E-state index contributed by atoms with van der Waals surface area (Å²) in [4.78, 5) is 15.3. The SMILES string of the molecule is O=c1c2ccccc2[nH]c2ccccc12.[K]. The van der Waals surface area contributed by atoms with Crippen LogP contribution in [0.25, 0.3) is 21.8 Å². The third kappa shape index (κ3) is 1.89. The molecular weight excluding hydrogens is 225 g/mol. The number of aromatic nitrogens is 1. The standard InChI is InChI=1S/C13H9NO.K/c15-13-9-5-1-3-7-11(9)14-12-8-4-2-6-10(12)13;/h1-8H,(H,14,15);. The van der Waals surface area contributed by atoms with Gasteiger partial charge in [0.1, 0.15) is 0 Å². The van der Waals surface area contributed by atoms with Crippen LogP contribution in [0.15, 0.2) is 53.3 Å². The first-order chi connectivity index (χ1) is 7.36. The maximum atomic E-state index is 12.1. The number of rotatable bonds is 0. The second-order valence-electron chi connectivity index (χ2n) is 3.55. The molecule has 0 saturated heterocycles. The van der Waals surface area contributed by atoms with E-state index in [9.17, 15) is 4.79 Å². The minimum atomic E-state index is 0. The van der Waals surface area contributed by atoms with Crippen LogP contribution in [0.4, 0.5) is 0 Å². The Morgan fingerprint density at radius 2 is 1.19 bits per heavy atom. The van der Waals surface area contributed by atoms with Gasteiger partial charge >= 0.3 is 0 Å². The molecule has 3 rings (SSSR count). The molecular formula is C13H9KNO. The molecule has 0 aliphatic heterocycles. The third-order valence-corrected chi connectivity index (χ3v) is 2.61. The molecule has 0 fully saturated rings. The smallest absolute Gasteiger partial charge is 0.197 e. The Hall–Kier alpha value is -0.454. The first-order valence-corrected chi connectivity index (χ1v) is 4.86. The molecule has 16 heavy (non-hydrogen) atoms. The van der Waals surface area contributed by atoms with E-state index < -0.39 is 0 Å². The molecule has 3 heteroatoms. The average molecular weight is 234 g/mol. The minimum Gasteiger partial charge on any atom is -0.354 e. The normalized spacial score (nSPS) is 10.2. The van der Waals surface area contributed by atoms with E-state index in [1.807, 2.05) is 48.5 Å². The Bertz CT molecular complexity index is 646. The van der Waals surface area contributed by atoms with Crippen molar-refractivity contribution in [3.63, 3.8) is 0 Å². The van der Waals surface area contributed by atoms with Crippen molar-refractivity contribution in [1.29, 1.82) is 0 Å². The van der Waals surface area contributed by atoms with Crippen molar-refractivity contribution in [2.24, 2.45) is 0 Å². The van der Waals surface area contributed by atoms with Crippen molar-refractivity contribution in [2.45, 2.75) is 0 Å². The van der Waals surface area contributed by atoms with Gasteiger partial charge in [0.25, 0.3) is 0 Å². The van der Waals surface area contributed by atoms with Gasteiger partial charge in [-0.15, -0.1) is 0 Å². The molecule has 0 aliphatic carbocycles. The molecule has 2 aromatic carbocycles. The summed E-state index contributed by atoms with van der Waals surface area (Å²) in [5.74, 6) is 0. The summed E-state index contributed by atoms with van der Waals surface area (Å²) >= 11 is 0. The van der Waals surface area contributed by atoms with Crippen LogP contribution in [0.1, 0.15) is 0 Å². The maximum Gasteiger partial charge on any atom is 0.197 e. The van der Waals surface area contributed by atoms with Crippen LogP contribution in [0, 0.1) is 0 Å². The topological polar surface area (TPSA) is 32.9 Å². The molecule has 1 aromatic heterocycles. The van der Waals surface area contributed by atoms with E-state index >= 15 is 0 Å². The minimum absolute atomic E-state index is 0. The quantitative estimate of drug-likeness (QED) is 0.470. The number of hydrogen-bond acceptors (Lipinski definition) is 1. The molecule has 0 atom stereocenters.